The van der Waals surface area contributed by atoms with E-state index in [-0.39, 0.29) is 23.8 Å². The summed E-state index contributed by atoms with van der Waals surface area (Å²) in [6.45, 7) is 5.47. The summed E-state index contributed by atoms with van der Waals surface area (Å²) in [5.41, 5.74) is 0. The molecule has 1 aliphatic heterocycles. The number of ether oxygens (including phenoxy) is 1. The molecule has 0 bridgehead atoms. The van der Waals surface area contributed by atoms with Gasteiger partial charge in [0.2, 0.25) is 5.91 Å². The van der Waals surface area contributed by atoms with Gasteiger partial charge < -0.3 is 20.5 Å². The van der Waals surface area contributed by atoms with Crippen LogP contribution < -0.4 is 10.6 Å². The number of rotatable bonds is 7. The second kappa shape index (κ2) is 7.71. The van der Waals surface area contributed by atoms with Gasteiger partial charge in [-0.3, -0.25) is 4.79 Å². The van der Waals surface area contributed by atoms with E-state index in [4.69, 9.17) is 4.74 Å². The van der Waals surface area contributed by atoms with Crippen molar-refractivity contribution in [2.24, 2.45) is 11.8 Å². The van der Waals surface area contributed by atoms with Crippen molar-refractivity contribution in [2.75, 3.05) is 26.8 Å². The summed E-state index contributed by atoms with van der Waals surface area (Å²) in [7, 11) is 1.83. The first-order valence-electron chi connectivity index (χ1n) is 6.84. The summed E-state index contributed by atoms with van der Waals surface area (Å²) >= 11 is 0. The standard InChI is InChI=1S/C13H26N2O3/c1-4-9(5-2)12(16)6-15-13(17)10-7-18-8-11(10)14-3/h9-12,14,16H,4-8H2,1-3H3,(H,15,17). The van der Waals surface area contributed by atoms with E-state index in [1.807, 2.05) is 7.05 Å². The second-order valence-corrected chi connectivity index (χ2v) is 4.93. The van der Waals surface area contributed by atoms with Crippen molar-refractivity contribution >= 4 is 5.91 Å². The van der Waals surface area contributed by atoms with E-state index in [9.17, 15) is 9.90 Å². The minimum Gasteiger partial charge on any atom is -0.391 e. The third kappa shape index (κ3) is 3.93. The summed E-state index contributed by atoms with van der Waals surface area (Å²) < 4.78 is 5.29. The molecule has 3 N–H and O–H groups in total. The lowest BCUT2D eigenvalue weighted by Crippen LogP contribution is -2.45. The van der Waals surface area contributed by atoms with Crippen molar-refractivity contribution in [3.63, 3.8) is 0 Å². The molecule has 0 radical (unpaired) electrons. The van der Waals surface area contributed by atoms with E-state index in [0.29, 0.717) is 19.8 Å². The average Bonchev–Trinajstić information content (AvgIpc) is 2.85. The summed E-state index contributed by atoms with van der Waals surface area (Å²) in [5, 5.41) is 15.9. The van der Waals surface area contributed by atoms with Crippen molar-refractivity contribution in [2.45, 2.75) is 38.8 Å². The molecule has 0 saturated carbocycles. The Morgan fingerprint density at radius 1 is 1.39 bits per heavy atom. The molecule has 1 aliphatic rings. The van der Waals surface area contributed by atoms with Gasteiger partial charge in [-0.25, -0.2) is 0 Å². The smallest absolute Gasteiger partial charge is 0.227 e. The van der Waals surface area contributed by atoms with Crippen LogP contribution in [0.5, 0.6) is 0 Å². The number of carbonyl (C=O) groups excluding carboxylic acids is 1. The highest BCUT2D eigenvalue weighted by atomic mass is 16.5. The third-order valence-electron chi connectivity index (χ3n) is 3.87. The van der Waals surface area contributed by atoms with Crippen molar-refractivity contribution in [1.29, 1.82) is 0 Å². The van der Waals surface area contributed by atoms with Crippen LogP contribution in [0.4, 0.5) is 0 Å². The number of hydrogen-bond donors (Lipinski definition) is 3. The maximum absolute atomic E-state index is 12.0. The molecule has 5 heteroatoms. The average molecular weight is 258 g/mol. The predicted octanol–water partition coefficient (Wildman–Crippen LogP) is 0.134. The maximum Gasteiger partial charge on any atom is 0.227 e. The number of likely N-dealkylation sites (N-methyl/N-ethyl adjacent to an activating group) is 1. The number of hydrogen-bond acceptors (Lipinski definition) is 4. The molecule has 106 valence electrons. The minimum absolute atomic E-state index is 0.0307. The molecule has 1 saturated heterocycles. The summed E-state index contributed by atoms with van der Waals surface area (Å²) in [6, 6.07) is 0.0790. The zero-order valence-electron chi connectivity index (χ0n) is 11.6. The number of nitrogens with one attached hydrogen (secondary N) is 2. The van der Waals surface area contributed by atoms with Gasteiger partial charge in [0.05, 0.1) is 25.2 Å². The molecule has 3 atom stereocenters. The summed E-state index contributed by atoms with van der Waals surface area (Å²) in [5.74, 6) is 0.0750. The molecule has 0 spiro atoms. The van der Waals surface area contributed by atoms with Crippen LogP contribution in [0.3, 0.4) is 0 Å². The normalized spacial score (nSPS) is 25.4. The number of aliphatic hydroxyl groups is 1. The Kier molecular flexibility index (Phi) is 6.60. The number of aliphatic hydroxyl groups excluding tert-OH is 1. The van der Waals surface area contributed by atoms with E-state index >= 15 is 0 Å². The Morgan fingerprint density at radius 3 is 2.61 bits per heavy atom. The van der Waals surface area contributed by atoms with Gasteiger partial charge in [0.25, 0.3) is 0 Å². The van der Waals surface area contributed by atoms with Crippen LogP contribution in [-0.2, 0) is 9.53 Å². The van der Waals surface area contributed by atoms with Gasteiger partial charge in [-0.1, -0.05) is 26.7 Å². The Hall–Kier alpha value is -0.650. The van der Waals surface area contributed by atoms with Gasteiger partial charge in [-0.15, -0.1) is 0 Å². The molecule has 0 aromatic rings. The molecule has 18 heavy (non-hydrogen) atoms. The lowest BCUT2D eigenvalue weighted by atomic mass is 9.96. The number of amides is 1. The fourth-order valence-electron chi connectivity index (χ4n) is 2.43. The van der Waals surface area contributed by atoms with Gasteiger partial charge in [0.1, 0.15) is 0 Å². The fraction of sp³-hybridized carbons (Fsp3) is 0.923. The van der Waals surface area contributed by atoms with Gasteiger partial charge in [-0.2, -0.15) is 0 Å². The molecule has 3 unspecified atom stereocenters. The lowest BCUT2D eigenvalue weighted by molar-refractivity contribution is -0.126. The minimum atomic E-state index is -0.459. The van der Waals surface area contributed by atoms with Gasteiger partial charge in [0.15, 0.2) is 0 Å². The Morgan fingerprint density at radius 2 is 2.06 bits per heavy atom. The first-order chi connectivity index (χ1) is 8.63. The molecular formula is C13H26N2O3. The highest BCUT2D eigenvalue weighted by Gasteiger charge is 2.33. The van der Waals surface area contributed by atoms with Crippen molar-refractivity contribution in [1.82, 2.24) is 10.6 Å². The maximum atomic E-state index is 12.0. The highest BCUT2D eigenvalue weighted by molar-refractivity contribution is 5.79. The fourth-order valence-corrected chi connectivity index (χ4v) is 2.43. The van der Waals surface area contributed by atoms with E-state index in [0.717, 1.165) is 12.8 Å². The highest BCUT2D eigenvalue weighted by Crippen LogP contribution is 2.15. The van der Waals surface area contributed by atoms with E-state index < -0.39 is 6.10 Å². The largest absolute Gasteiger partial charge is 0.391 e. The summed E-state index contributed by atoms with van der Waals surface area (Å²) in [4.78, 5) is 12.0. The monoisotopic (exact) mass is 258 g/mol. The van der Waals surface area contributed by atoms with E-state index in [1.165, 1.54) is 0 Å². The molecule has 1 rings (SSSR count). The first kappa shape index (κ1) is 15.4. The van der Waals surface area contributed by atoms with Crippen LogP contribution in [0.15, 0.2) is 0 Å². The molecule has 1 heterocycles. The summed E-state index contributed by atoms with van der Waals surface area (Å²) in [6.07, 6.45) is 1.40. The SMILES string of the molecule is CCC(CC)C(O)CNC(=O)C1COCC1NC. The van der Waals surface area contributed by atoms with E-state index in [2.05, 4.69) is 24.5 Å². The zero-order chi connectivity index (χ0) is 13.5. The third-order valence-corrected chi connectivity index (χ3v) is 3.87. The second-order valence-electron chi connectivity index (χ2n) is 4.93. The molecule has 5 nitrogen and oxygen atoms in total. The van der Waals surface area contributed by atoms with Crippen molar-refractivity contribution in [3.8, 4) is 0 Å². The predicted molar refractivity (Wildman–Crippen MR) is 70.2 cm³/mol. The van der Waals surface area contributed by atoms with Crippen LogP contribution in [0.1, 0.15) is 26.7 Å². The van der Waals surface area contributed by atoms with E-state index in [1.54, 1.807) is 0 Å². The van der Waals surface area contributed by atoms with Crippen LogP contribution in [0, 0.1) is 11.8 Å². The Bertz CT molecular complexity index is 257. The molecule has 0 aliphatic carbocycles. The molecule has 1 fully saturated rings. The van der Waals surface area contributed by atoms with Crippen LogP contribution in [-0.4, -0.2) is 50.0 Å². The van der Waals surface area contributed by atoms with Gasteiger partial charge >= 0.3 is 0 Å². The van der Waals surface area contributed by atoms with Gasteiger partial charge in [0, 0.05) is 12.6 Å². The first-order valence-corrected chi connectivity index (χ1v) is 6.84. The van der Waals surface area contributed by atoms with Crippen LogP contribution >= 0.6 is 0 Å². The van der Waals surface area contributed by atoms with Crippen molar-refractivity contribution < 1.29 is 14.6 Å². The number of carbonyl (C=O) groups is 1. The van der Waals surface area contributed by atoms with Crippen LogP contribution in [0.2, 0.25) is 0 Å². The van der Waals surface area contributed by atoms with Gasteiger partial charge in [-0.05, 0) is 13.0 Å². The Balaban J connectivity index is 2.36. The van der Waals surface area contributed by atoms with Crippen LogP contribution in [0.25, 0.3) is 0 Å². The topological polar surface area (TPSA) is 70.6 Å². The molecule has 0 aromatic carbocycles. The lowest BCUT2D eigenvalue weighted by Gasteiger charge is -2.22. The van der Waals surface area contributed by atoms with Crippen molar-refractivity contribution in [3.05, 3.63) is 0 Å². The molecular weight excluding hydrogens is 232 g/mol. The molecule has 0 aromatic heterocycles. The molecule has 1 amide bonds. The Labute approximate surface area is 109 Å². The quantitative estimate of drug-likeness (QED) is 0.607. The zero-order valence-corrected chi connectivity index (χ0v) is 11.6.